The van der Waals surface area contributed by atoms with E-state index in [1.165, 1.54) is 19.3 Å². The van der Waals surface area contributed by atoms with Crippen LogP contribution in [0.25, 0.3) is 22.2 Å². The molecule has 0 aliphatic carbocycles. The predicted molar refractivity (Wildman–Crippen MR) is 130 cm³/mol. The van der Waals surface area contributed by atoms with E-state index in [4.69, 9.17) is 5.11 Å². The molecule has 1 fully saturated rings. The molecule has 1 aliphatic rings. The average Bonchev–Trinajstić information content (AvgIpc) is 3.27. The van der Waals surface area contributed by atoms with E-state index in [0.29, 0.717) is 10.8 Å². The van der Waals surface area contributed by atoms with Crippen LogP contribution in [0.15, 0.2) is 29.2 Å². The SMILES string of the molecule is Cn1c(=O)c(-c2c(F)ccc(N(N3CC[C@@H](F)C3)S(=O)O)c2F)cc2cnc(NCCCC(=O)O)nc21. The molecule has 2 aromatic heterocycles. The number of nitrogens with zero attached hydrogens (tertiary/aromatic N) is 5. The van der Waals surface area contributed by atoms with E-state index in [0.717, 1.165) is 21.7 Å². The normalized spacial score (nSPS) is 16.7. The molecule has 1 saturated heterocycles. The van der Waals surface area contributed by atoms with E-state index >= 15 is 4.39 Å². The van der Waals surface area contributed by atoms with Crippen molar-refractivity contribution in [2.24, 2.45) is 7.05 Å². The molecule has 1 aliphatic heterocycles. The van der Waals surface area contributed by atoms with Gasteiger partial charge in [0.15, 0.2) is 5.82 Å². The highest BCUT2D eigenvalue weighted by atomic mass is 32.2. The van der Waals surface area contributed by atoms with E-state index in [2.05, 4.69) is 15.3 Å². The first-order valence-corrected chi connectivity index (χ1v) is 12.3. The number of pyridine rings is 1. The number of aliphatic carboxylic acids is 1. The number of aromatic nitrogens is 3. The zero-order valence-corrected chi connectivity index (χ0v) is 20.3. The number of alkyl halides is 1. The fourth-order valence-electron chi connectivity index (χ4n) is 4.09. The van der Waals surface area contributed by atoms with Crippen LogP contribution in [0.3, 0.4) is 0 Å². The van der Waals surface area contributed by atoms with Gasteiger partial charge in [0, 0.05) is 38.1 Å². The van der Waals surface area contributed by atoms with Crippen molar-refractivity contribution in [2.45, 2.75) is 25.4 Å². The lowest BCUT2D eigenvalue weighted by atomic mass is 10.0. The molecule has 4 rings (SSSR count). The van der Waals surface area contributed by atoms with Crippen molar-refractivity contribution in [3.05, 3.63) is 46.4 Å². The van der Waals surface area contributed by atoms with Crippen molar-refractivity contribution in [1.29, 1.82) is 0 Å². The third-order valence-electron chi connectivity index (χ3n) is 5.86. The quantitative estimate of drug-likeness (QED) is 0.276. The molecular formula is C22H23F3N6O5S. The van der Waals surface area contributed by atoms with Gasteiger partial charge in [-0.05, 0) is 31.0 Å². The Kier molecular flexibility index (Phi) is 7.75. The zero-order chi connectivity index (χ0) is 26.9. The average molecular weight is 541 g/mol. The van der Waals surface area contributed by atoms with Crippen LogP contribution in [0.1, 0.15) is 19.3 Å². The van der Waals surface area contributed by atoms with Crippen LogP contribution in [0, 0.1) is 11.6 Å². The summed E-state index contributed by atoms with van der Waals surface area (Å²) in [6.45, 7) is 0.0670. The lowest BCUT2D eigenvalue weighted by Gasteiger charge is -2.30. The summed E-state index contributed by atoms with van der Waals surface area (Å²) in [4.78, 5) is 32.1. The second-order valence-electron chi connectivity index (χ2n) is 8.38. The van der Waals surface area contributed by atoms with Gasteiger partial charge in [-0.15, -0.1) is 0 Å². The van der Waals surface area contributed by atoms with Crippen LogP contribution >= 0.6 is 0 Å². The van der Waals surface area contributed by atoms with Crippen molar-refractivity contribution in [3.8, 4) is 11.1 Å². The lowest BCUT2D eigenvalue weighted by Crippen LogP contribution is -2.43. The second kappa shape index (κ2) is 10.8. The number of rotatable bonds is 9. The van der Waals surface area contributed by atoms with Crippen LogP contribution in [0.4, 0.5) is 24.8 Å². The highest BCUT2D eigenvalue weighted by Crippen LogP contribution is 2.34. The van der Waals surface area contributed by atoms with Gasteiger partial charge in [0.05, 0.1) is 17.7 Å². The van der Waals surface area contributed by atoms with Gasteiger partial charge in [-0.25, -0.2) is 27.4 Å². The van der Waals surface area contributed by atoms with Crippen molar-refractivity contribution in [3.63, 3.8) is 0 Å². The van der Waals surface area contributed by atoms with E-state index in [1.807, 2.05) is 0 Å². The molecule has 37 heavy (non-hydrogen) atoms. The van der Waals surface area contributed by atoms with E-state index in [9.17, 15) is 27.1 Å². The number of aryl methyl sites for hydroxylation is 1. The standard InChI is InChI=1S/C22H23F3N6O5S/c1-29-20-12(10-27-22(28-20)26-7-2-3-17(32)33)9-14(21(29)34)18-15(24)4-5-16(19(18)25)31(37(35)36)30-8-6-13(23)11-30/h4-5,9-10,13H,2-3,6-8,11H2,1H3,(H,32,33)(H,35,36)(H,26,27,28)/t13-/m1/s1. The molecule has 15 heteroatoms. The molecule has 1 aromatic carbocycles. The molecule has 1 unspecified atom stereocenters. The smallest absolute Gasteiger partial charge is 0.303 e. The molecule has 3 N–H and O–H groups in total. The van der Waals surface area contributed by atoms with E-state index < -0.39 is 51.9 Å². The van der Waals surface area contributed by atoms with Gasteiger partial charge in [0.25, 0.3) is 16.8 Å². The zero-order valence-electron chi connectivity index (χ0n) is 19.5. The highest BCUT2D eigenvalue weighted by Gasteiger charge is 2.33. The second-order valence-corrected chi connectivity index (χ2v) is 9.18. The van der Waals surface area contributed by atoms with Crippen molar-refractivity contribution in [1.82, 2.24) is 19.5 Å². The van der Waals surface area contributed by atoms with E-state index in [1.54, 1.807) is 0 Å². The summed E-state index contributed by atoms with van der Waals surface area (Å²) in [5.74, 6) is -3.15. The van der Waals surface area contributed by atoms with Crippen LogP contribution < -0.4 is 15.3 Å². The first kappa shape index (κ1) is 26.5. The van der Waals surface area contributed by atoms with Crippen molar-refractivity contribution in [2.75, 3.05) is 29.4 Å². The predicted octanol–water partition coefficient (Wildman–Crippen LogP) is 2.45. The monoisotopic (exact) mass is 540 g/mol. The number of hydrogen-bond donors (Lipinski definition) is 3. The Bertz CT molecular complexity index is 1440. The number of hydrazine groups is 1. The Balaban J connectivity index is 1.75. The number of anilines is 2. The van der Waals surface area contributed by atoms with Gasteiger partial charge in [0.2, 0.25) is 5.95 Å². The summed E-state index contributed by atoms with van der Waals surface area (Å²) >= 11 is -2.79. The molecule has 11 nitrogen and oxygen atoms in total. The fourth-order valence-corrected chi connectivity index (χ4v) is 4.74. The van der Waals surface area contributed by atoms with Gasteiger partial charge >= 0.3 is 5.97 Å². The Morgan fingerprint density at radius 3 is 2.76 bits per heavy atom. The molecule has 0 amide bonds. The van der Waals surface area contributed by atoms with E-state index in [-0.39, 0.29) is 55.0 Å². The summed E-state index contributed by atoms with van der Waals surface area (Å²) in [7, 11) is 1.36. The van der Waals surface area contributed by atoms with Crippen LogP contribution in [0.2, 0.25) is 0 Å². The molecule has 0 radical (unpaired) electrons. The van der Waals surface area contributed by atoms with Gasteiger partial charge in [-0.2, -0.15) is 9.40 Å². The third-order valence-corrected chi connectivity index (χ3v) is 6.58. The summed E-state index contributed by atoms with van der Waals surface area (Å²) in [6, 6.07) is 3.02. The number of hydrogen-bond acceptors (Lipinski definition) is 7. The van der Waals surface area contributed by atoms with Gasteiger partial charge in [-0.1, -0.05) is 0 Å². The maximum absolute atomic E-state index is 15.7. The van der Waals surface area contributed by atoms with Gasteiger partial charge in [0.1, 0.15) is 23.3 Å². The summed E-state index contributed by atoms with van der Waals surface area (Å²) in [5, 5.41) is 13.0. The maximum Gasteiger partial charge on any atom is 0.303 e. The topological polar surface area (TPSA) is 141 Å². The Labute approximate surface area is 210 Å². The minimum Gasteiger partial charge on any atom is -0.481 e. The summed E-state index contributed by atoms with van der Waals surface area (Å²) in [5.41, 5.74) is -2.22. The molecule has 2 atom stereocenters. The maximum atomic E-state index is 15.7. The largest absolute Gasteiger partial charge is 0.481 e. The number of fused-ring (bicyclic) bond motifs is 1. The summed E-state index contributed by atoms with van der Waals surface area (Å²) in [6.07, 6.45) is 0.406. The Morgan fingerprint density at radius 2 is 2.11 bits per heavy atom. The fraction of sp³-hybridized carbons (Fsp3) is 0.364. The molecule has 198 valence electrons. The molecule has 0 bridgehead atoms. The first-order valence-electron chi connectivity index (χ1n) is 11.2. The Hall–Kier alpha value is -3.56. The number of carboxylic acids is 1. The van der Waals surface area contributed by atoms with Gasteiger partial charge in [-0.3, -0.25) is 18.7 Å². The number of carboxylic acid groups (broad SMARTS) is 1. The number of benzene rings is 1. The first-order chi connectivity index (χ1) is 17.6. The van der Waals surface area contributed by atoms with Crippen LogP contribution in [0.5, 0.6) is 0 Å². The molecule has 0 saturated carbocycles. The minimum absolute atomic E-state index is 0.0430. The molecule has 0 spiro atoms. The Morgan fingerprint density at radius 1 is 1.35 bits per heavy atom. The molecular weight excluding hydrogens is 517 g/mol. The number of nitrogens with one attached hydrogen (secondary N) is 1. The van der Waals surface area contributed by atoms with Crippen LogP contribution in [-0.4, -0.2) is 65.2 Å². The van der Waals surface area contributed by atoms with Crippen LogP contribution in [-0.2, 0) is 23.1 Å². The highest BCUT2D eigenvalue weighted by molar-refractivity contribution is 7.80. The lowest BCUT2D eigenvalue weighted by molar-refractivity contribution is -0.137. The third kappa shape index (κ3) is 5.42. The van der Waals surface area contributed by atoms with Crippen molar-refractivity contribution >= 4 is 39.9 Å². The summed E-state index contributed by atoms with van der Waals surface area (Å²) < 4.78 is 67.9. The molecule has 3 heterocycles. The molecule has 3 aromatic rings. The van der Waals surface area contributed by atoms with Gasteiger partial charge < -0.3 is 10.4 Å². The van der Waals surface area contributed by atoms with Crippen molar-refractivity contribution < 1.29 is 31.8 Å². The minimum atomic E-state index is -2.79. The number of carbonyl (C=O) groups is 1. The number of halogens is 3.